The van der Waals surface area contributed by atoms with Crippen molar-refractivity contribution >= 4 is 39.3 Å². The summed E-state index contributed by atoms with van der Waals surface area (Å²) in [6.45, 7) is 4.08. The Balaban J connectivity index is 1.95. The molecule has 2 rings (SSSR count). The Labute approximate surface area is 124 Å². The zero-order valence-electron chi connectivity index (χ0n) is 10.7. The number of thioether (sulfide) groups is 1. The van der Waals surface area contributed by atoms with E-state index in [4.69, 9.17) is 0 Å². The Hall–Kier alpha value is -1.27. The summed E-state index contributed by atoms with van der Waals surface area (Å²) in [5.41, 5.74) is 3.02. The molecule has 6 heteroatoms. The van der Waals surface area contributed by atoms with E-state index in [2.05, 4.69) is 43.6 Å². The largest absolute Gasteiger partial charge is 0.323 e. The number of rotatable bonds is 4. The van der Waals surface area contributed by atoms with Crippen molar-refractivity contribution in [1.82, 2.24) is 10.2 Å². The number of benzene rings is 1. The van der Waals surface area contributed by atoms with E-state index >= 15 is 0 Å². The van der Waals surface area contributed by atoms with Crippen LogP contribution in [0, 0.1) is 13.8 Å². The van der Waals surface area contributed by atoms with Gasteiger partial charge in [-0.05, 0) is 37.1 Å². The van der Waals surface area contributed by atoms with Gasteiger partial charge in [-0.15, -0.1) is 11.8 Å². The van der Waals surface area contributed by atoms with Gasteiger partial charge in [0.1, 0.15) is 0 Å². The molecule has 1 aromatic heterocycles. The minimum Gasteiger partial charge on any atom is -0.323 e. The minimum atomic E-state index is -0.0358. The first-order valence-electron chi connectivity index (χ1n) is 5.74. The quantitative estimate of drug-likeness (QED) is 0.838. The number of carbonyl (C=O) groups is 1. The first kappa shape index (κ1) is 14.1. The third kappa shape index (κ3) is 3.84. The minimum absolute atomic E-state index is 0.0358. The van der Waals surface area contributed by atoms with Gasteiger partial charge < -0.3 is 5.32 Å². The van der Waals surface area contributed by atoms with Gasteiger partial charge in [-0.2, -0.15) is 5.10 Å². The molecule has 0 aliphatic heterocycles. The highest BCUT2D eigenvalue weighted by molar-refractivity contribution is 9.10. The summed E-state index contributed by atoms with van der Waals surface area (Å²) in [4.78, 5) is 12.9. The van der Waals surface area contributed by atoms with E-state index in [-0.39, 0.29) is 5.91 Å². The lowest BCUT2D eigenvalue weighted by Gasteiger charge is -2.08. The summed E-state index contributed by atoms with van der Waals surface area (Å²) in [7, 11) is 0. The molecule has 0 saturated carbocycles. The number of hydrogen-bond acceptors (Lipinski definition) is 3. The topological polar surface area (TPSA) is 57.8 Å². The number of nitrogens with one attached hydrogen (secondary N) is 2. The molecule has 1 amide bonds. The number of amides is 1. The fraction of sp³-hybridized carbons (Fsp3) is 0.231. The number of aromatic nitrogens is 2. The van der Waals surface area contributed by atoms with Crippen LogP contribution >= 0.6 is 27.7 Å². The van der Waals surface area contributed by atoms with Crippen molar-refractivity contribution in [2.75, 3.05) is 11.1 Å². The van der Waals surface area contributed by atoms with E-state index in [1.54, 1.807) is 12.4 Å². The van der Waals surface area contributed by atoms with Gasteiger partial charge in [0, 0.05) is 15.6 Å². The number of aryl methyl sites for hydroxylation is 2. The summed E-state index contributed by atoms with van der Waals surface area (Å²) in [6, 6.07) is 4.17. The number of nitrogens with zero attached hydrogens (tertiary/aromatic N) is 1. The van der Waals surface area contributed by atoms with Crippen molar-refractivity contribution in [3.63, 3.8) is 0 Å². The Morgan fingerprint density at radius 1 is 1.42 bits per heavy atom. The van der Waals surface area contributed by atoms with Crippen LogP contribution in [0.5, 0.6) is 0 Å². The van der Waals surface area contributed by atoms with Crippen LogP contribution in [0.15, 0.2) is 33.9 Å². The van der Waals surface area contributed by atoms with E-state index in [1.807, 2.05) is 13.8 Å². The fourth-order valence-electron chi connectivity index (χ4n) is 1.57. The molecule has 0 saturated heterocycles. The molecule has 4 nitrogen and oxygen atoms in total. The van der Waals surface area contributed by atoms with Crippen molar-refractivity contribution < 1.29 is 4.79 Å². The molecule has 2 N–H and O–H groups in total. The summed E-state index contributed by atoms with van der Waals surface area (Å²) in [6.07, 6.45) is 3.23. The first-order valence-corrected chi connectivity index (χ1v) is 7.52. The fourth-order valence-corrected chi connectivity index (χ4v) is 2.93. The zero-order valence-corrected chi connectivity index (χ0v) is 13.1. The van der Waals surface area contributed by atoms with Crippen molar-refractivity contribution in [2.45, 2.75) is 18.7 Å². The maximum atomic E-state index is 11.8. The van der Waals surface area contributed by atoms with Crippen LogP contribution in [0.25, 0.3) is 0 Å². The number of hydrogen-bond donors (Lipinski definition) is 2. The number of carbonyl (C=O) groups excluding carboxylic acids is 1. The van der Waals surface area contributed by atoms with E-state index < -0.39 is 0 Å². The van der Waals surface area contributed by atoms with Gasteiger partial charge >= 0.3 is 0 Å². The highest BCUT2D eigenvalue weighted by Crippen LogP contribution is 2.28. The predicted molar refractivity (Wildman–Crippen MR) is 81.6 cm³/mol. The van der Waals surface area contributed by atoms with Gasteiger partial charge in [-0.3, -0.25) is 9.89 Å². The molecule has 0 atom stereocenters. The second-order valence-electron chi connectivity index (χ2n) is 4.19. The van der Waals surface area contributed by atoms with Crippen LogP contribution in [0.2, 0.25) is 0 Å². The molecule has 0 spiro atoms. The SMILES string of the molecule is Cc1cc(SCC(=O)Nc2cn[nH]c2)c(C)cc1Br. The van der Waals surface area contributed by atoms with Crippen molar-refractivity contribution in [3.8, 4) is 0 Å². The third-order valence-corrected chi connectivity index (χ3v) is 4.61. The highest BCUT2D eigenvalue weighted by Gasteiger charge is 2.07. The molecule has 0 bridgehead atoms. The Bertz CT molecular complexity index is 584. The van der Waals surface area contributed by atoms with Crippen LogP contribution in [-0.2, 0) is 4.79 Å². The van der Waals surface area contributed by atoms with Crippen LogP contribution in [0.3, 0.4) is 0 Å². The van der Waals surface area contributed by atoms with E-state index in [9.17, 15) is 4.79 Å². The second-order valence-corrected chi connectivity index (χ2v) is 6.06. The lowest BCUT2D eigenvalue weighted by Crippen LogP contribution is -2.13. The number of H-pyrrole nitrogens is 1. The molecule has 0 radical (unpaired) electrons. The van der Waals surface area contributed by atoms with Crippen LogP contribution in [0.1, 0.15) is 11.1 Å². The molecule has 0 aliphatic carbocycles. The monoisotopic (exact) mass is 339 g/mol. The summed E-state index contributed by atoms with van der Waals surface area (Å²) in [5, 5.41) is 9.21. The summed E-state index contributed by atoms with van der Waals surface area (Å²) >= 11 is 5.04. The highest BCUT2D eigenvalue weighted by atomic mass is 79.9. The number of halogens is 1. The summed E-state index contributed by atoms with van der Waals surface area (Å²) < 4.78 is 1.09. The molecule has 1 heterocycles. The van der Waals surface area contributed by atoms with Gasteiger partial charge in [0.15, 0.2) is 0 Å². The van der Waals surface area contributed by atoms with Crippen LogP contribution in [0.4, 0.5) is 5.69 Å². The molecule has 0 unspecified atom stereocenters. The van der Waals surface area contributed by atoms with Gasteiger partial charge in [0.25, 0.3) is 0 Å². The number of anilines is 1. The Kier molecular flexibility index (Phi) is 4.66. The maximum Gasteiger partial charge on any atom is 0.234 e. The zero-order chi connectivity index (χ0) is 13.8. The van der Waals surface area contributed by atoms with E-state index in [0.717, 1.165) is 9.37 Å². The standard InChI is InChI=1S/C13H14BrN3OS/c1-8-4-12(9(2)3-11(8)14)19-7-13(18)17-10-5-15-16-6-10/h3-6H,7H2,1-2H3,(H,15,16)(H,17,18). The molecule has 0 fully saturated rings. The number of aromatic amines is 1. The molecule has 1 aromatic carbocycles. The molecule has 100 valence electrons. The first-order chi connectivity index (χ1) is 9.06. The second kappa shape index (κ2) is 6.25. The average molecular weight is 340 g/mol. The normalized spacial score (nSPS) is 10.5. The van der Waals surface area contributed by atoms with Gasteiger partial charge in [0.2, 0.25) is 5.91 Å². The van der Waals surface area contributed by atoms with E-state index in [1.165, 1.54) is 22.9 Å². The third-order valence-electron chi connectivity index (χ3n) is 2.60. The average Bonchev–Trinajstić information content (AvgIpc) is 2.85. The van der Waals surface area contributed by atoms with Gasteiger partial charge in [-0.1, -0.05) is 15.9 Å². The van der Waals surface area contributed by atoms with Crippen molar-refractivity contribution in [3.05, 3.63) is 40.1 Å². The lowest BCUT2D eigenvalue weighted by atomic mass is 10.2. The molecular formula is C13H14BrN3OS. The van der Waals surface area contributed by atoms with E-state index in [0.29, 0.717) is 11.4 Å². The Morgan fingerprint density at radius 3 is 2.89 bits per heavy atom. The van der Waals surface area contributed by atoms with Crippen molar-refractivity contribution in [1.29, 1.82) is 0 Å². The Morgan fingerprint density at radius 2 is 2.21 bits per heavy atom. The molecule has 19 heavy (non-hydrogen) atoms. The summed E-state index contributed by atoms with van der Waals surface area (Å²) in [5.74, 6) is 0.346. The lowest BCUT2D eigenvalue weighted by molar-refractivity contribution is -0.113. The molecule has 0 aliphatic rings. The van der Waals surface area contributed by atoms with Gasteiger partial charge in [0.05, 0.1) is 17.6 Å². The maximum absolute atomic E-state index is 11.8. The van der Waals surface area contributed by atoms with Gasteiger partial charge in [-0.25, -0.2) is 0 Å². The molecule has 2 aromatic rings. The smallest absolute Gasteiger partial charge is 0.234 e. The molecular weight excluding hydrogens is 326 g/mol. The van der Waals surface area contributed by atoms with Crippen LogP contribution in [-0.4, -0.2) is 21.9 Å². The predicted octanol–water partition coefficient (Wildman–Crippen LogP) is 3.52. The van der Waals surface area contributed by atoms with Crippen LogP contribution < -0.4 is 5.32 Å². The van der Waals surface area contributed by atoms with Crippen molar-refractivity contribution in [2.24, 2.45) is 0 Å².